The summed E-state index contributed by atoms with van der Waals surface area (Å²) in [6.07, 6.45) is 5.38. The van der Waals surface area contributed by atoms with E-state index in [0.29, 0.717) is 5.56 Å². The first-order valence-electron chi connectivity index (χ1n) is 7.52. The molecule has 5 heteroatoms. The maximum Gasteiger partial charge on any atom is 0.255 e. The Kier molecular flexibility index (Phi) is 4.83. The number of nitrogens with zero attached hydrogens (tertiary/aromatic N) is 1. The Morgan fingerprint density at radius 3 is 2.90 bits per heavy atom. The predicted molar refractivity (Wildman–Crippen MR) is 83.5 cm³/mol. The quantitative estimate of drug-likeness (QED) is 0.845. The van der Waals surface area contributed by atoms with Crippen LogP contribution in [0.2, 0.25) is 0 Å². The maximum absolute atomic E-state index is 12.5. The van der Waals surface area contributed by atoms with Crippen LogP contribution in [-0.4, -0.2) is 36.7 Å². The fraction of sp³-hybridized carbons (Fsp3) is 0.625. The first-order valence-corrected chi connectivity index (χ1v) is 7.52. The lowest BCUT2D eigenvalue weighted by molar-refractivity contribution is -0.0942. The van der Waals surface area contributed by atoms with Crippen LogP contribution in [0.1, 0.15) is 44.0 Å². The second-order valence-corrected chi connectivity index (χ2v) is 6.16. The molecule has 2 rings (SSSR count). The van der Waals surface area contributed by atoms with E-state index in [2.05, 4.69) is 36.4 Å². The van der Waals surface area contributed by atoms with Gasteiger partial charge in [0.25, 0.3) is 5.91 Å². The predicted octanol–water partition coefficient (Wildman–Crippen LogP) is 2.45. The molecular formula is C16H25N3O2. The SMILES string of the molecule is CCCNc1ccncc1C(=O)NC1CC(OC)C1(C)C. The molecule has 1 amide bonds. The second kappa shape index (κ2) is 6.43. The van der Waals surface area contributed by atoms with Crippen LogP contribution in [-0.2, 0) is 4.74 Å². The average molecular weight is 291 g/mol. The van der Waals surface area contributed by atoms with E-state index in [1.807, 2.05) is 6.07 Å². The molecule has 0 spiro atoms. The molecule has 5 nitrogen and oxygen atoms in total. The van der Waals surface area contributed by atoms with Crippen molar-refractivity contribution in [3.63, 3.8) is 0 Å². The smallest absolute Gasteiger partial charge is 0.255 e. The minimum absolute atomic E-state index is 0.0381. The van der Waals surface area contributed by atoms with Gasteiger partial charge in [-0.1, -0.05) is 20.8 Å². The molecule has 0 bridgehead atoms. The molecule has 116 valence electrons. The van der Waals surface area contributed by atoms with Crippen molar-refractivity contribution in [1.29, 1.82) is 0 Å². The van der Waals surface area contributed by atoms with Gasteiger partial charge in [-0.2, -0.15) is 0 Å². The minimum Gasteiger partial charge on any atom is -0.384 e. The van der Waals surface area contributed by atoms with Crippen LogP contribution < -0.4 is 10.6 Å². The lowest BCUT2D eigenvalue weighted by atomic mass is 9.64. The molecule has 1 aromatic heterocycles. The number of carbonyl (C=O) groups is 1. The average Bonchev–Trinajstić information content (AvgIpc) is 2.48. The van der Waals surface area contributed by atoms with Crippen molar-refractivity contribution in [3.05, 3.63) is 24.0 Å². The number of methoxy groups -OCH3 is 1. The van der Waals surface area contributed by atoms with Gasteiger partial charge in [-0.3, -0.25) is 9.78 Å². The number of amides is 1. The van der Waals surface area contributed by atoms with Crippen molar-refractivity contribution >= 4 is 11.6 Å². The van der Waals surface area contributed by atoms with E-state index in [0.717, 1.165) is 25.1 Å². The molecule has 1 aliphatic rings. The summed E-state index contributed by atoms with van der Waals surface area (Å²) in [5.41, 5.74) is 1.40. The standard InChI is InChI=1S/C16H25N3O2/c1-5-7-18-12-6-8-17-10-11(12)15(20)19-13-9-14(21-4)16(13,2)3/h6,8,10,13-14H,5,7,9H2,1-4H3,(H,17,18)(H,19,20). The molecule has 1 saturated carbocycles. The third-order valence-corrected chi connectivity index (χ3v) is 4.40. The number of pyridine rings is 1. The first-order chi connectivity index (χ1) is 10.0. The van der Waals surface area contributed by atoms with Crippen LogP contribution in [0.4, 0.5) is 5.69 Å². The maximum atomic E-state index is 12.5. The highest BCUT2D eigenvalue weighted by Crippen LogP contribution is 2.42. The van der Waals surface area contributed by atoms with Crippen LogP contribution in [0.5, 0.6) is 0 Å². The highest BCUT2D eigenvalue weighted by Gasteiger charge is 2.49. The van der Waals surface area contributed by atoms with E-state index >= 15 is 0 Å². The highest BCUT2D eigenvalue weighted by atomic mass is 16.5. The fourth-order valence-corrected chi connectivity index (χ4v) is 2.76. The third kappa shape index (κ3) is 3.18. The van der Waals surface area contributed by atoms with Crippen molar-refractivity contribution in [2.45, 2.75) is 45.8 Å². The number of hydrogen-bond donors (Lipinski definition) is 2. The molecular weight excluding hydrogens is 266 g/mol. The van der Waals surface area contributed by atoms with Crippen molar-refractivity contribution in [2.24, 2.45) is 5.41 Å². The van der Waals surface area contributed by atoms with Gasteiger partial charge in [0.1, 0.15) is 0 Å². The lowest BCUT2D eigenvalue weighted by Gasteiger charge is -2.51. The summed E-state index contributed by atoms with van der Waals surface area (Å²) >= 11 is 0. The van der Waals surface area contributed by atoms with E-state index in [1.165, 1.54) is 0 Å². The Morgan fingerprint density at radius 2 is 2.29 bits per heavy atom. The molecule has 1 fully saturated rings. The van der Waals surface area contributed by atoms with Crippen molar-refractivity contribution < 1.29 is 9.53 Å². The molecule has 1 aromatic rings. The third-order valence-electron chi connectivity index (χ3n) is 4.40. The summed E-state index contributed by atoms with van der Waals surface area (Å²) in [6, 6.07) is 1.98. The molecule has 0 aromatic carbocycles. The summed E-state index contributed by atoms with van der Waals surface area (Å²) in [4.78, 5) is 16.6. The number of hydrogen-bond acceptors (Lipinski definition) is 4. The molecule has 21 heavy (non-hydrogen) atoms. The number of nitrogens with one attached hydrogen (secondary N) is 2. The summed E-state index contributed by atoms with van der Waals surface area (Å²) in [7, 11) is 1.72. The highest BCUT2D eigenvalue weighted by molar-refractivity contribution is 5.99. The Bertz CT molecular complexity index is 502. The Balaban J connectivity index is 2.04. The topological polar surface area (TPSA) is 63.2 Å². The summed E-state index contributed by atoms with van der Waals surface area (Å²) in [6.45, 7) is 7.17. The summed E-state index contributed by atoms with van der Waals surface area (Å²) in [5.74, 6) is -0.0747. The molecule has 0 aliphatic heterocycles. The molecule has 1 heterocycles. The normalized spacial score (nSPS) is 23.2. The minimum atomic E-state index is -0.0747. The zero-order valence-corrected chi connectivity index (χ0v) is 13.3. The number of rotatable bonds is 6. The second-order valence-electron chi connectivity index (χ2n) is 6.16. The monoisotopic (exact) mass is 291 g/mol. The van der Waals surface area contributed by atoms with E-state index in [1.54, 1.807) is 19.5 Å². The van der Waals surface area contributed by atoms with Gasteiger partial charge in [-0.25, -0.2) is 0 Å². The summed E-state index contributed by atoms with van der Waals surface area (Å²) in [5, 5.41) is 6.37. The zero-order valence-electron chi connectivity index (χ0n) is 13.3. The van der Waals surface area contributed by atoms with Crippen LogP contribution in [0.25, 0.3) is 0 Å². The van der Waals surface area contributed by atoms with E-state index in [4.69, 9.17) is 4.74 Å². The van der Waals surface area contributed by atoms with Crippen LogP contribution >= 0.6 is 0 Å². The molecule has 2 unspecified atom stereocenters. The van der Waals surface area contributed by atoms with Crippen LogP contribution in [0, 0.1) is 5.41 Å². The van der Waals surface area contributed by atoms with Crippen molar-refractivity contribution in [2.75, 3.05) is 19.0 Å². The lowest BCUT2D eigenvalue weighted by Crippen LogP contribution is -2.61. The molecule has 2 atom stereocenters. The Labute approximate surface area is 126 Å². The van der Waals surface area contributed by atoms with E-state index < -0.39 is 0 Å². The largest absolute Gasteiger partial charge is 0.384 e. The molecule has 0 radical (unpaired) electrons. The van der Waals surface area contributed by atoms with Crippen molar-refractivity contribution in [3.8, 4) is 0 Å². The fourth-order valence-electron chi connectivity index (χ4n) is 2.76. The van der Waals surface area contributed by atoms with Crippen molar-refractivity contribution in [1.82, 2.24) is 10.3 Å². The van der Waals surface area contributed by atoms with Gasteiger partial charge in [-0.05, 0) is 18.9 Å². The molecule has 0 saturated heterocycles. The van der Waals surface area contributed by atoms with Crippen LogP contribution in [0.15, 0.2) is 18.5 Å². The zero-order chi connectivity index (χ0) is 15.5. The van der Waals surface area contributed by atoms with Gasteiger partial charge in [-0.15, -0.1) is 0 Å². The van der Waals surface area contributed by atoms with Gasteiger partial charge >= 0.3 is 0 Å². The molecule has 1 aliphatic carbocycles. The number of anilines is 1. The van der Waals surface area contributed by atoms with Gasteiger partial charge in [0, 0.05) is 37.5 Å². The van der Waals surface area contributed by atoms with Gasteiger partial charge in [0.15, 0.2) is 0 Å². The van der Waals surface area contributed by atoms with Gasteiger partial charge in [0.05, 0.1) is 17.4 Å². The van der Waals surface area contributed by atoms with E-state index in [9.17, 15) is 4.79 Å². The van der Waals surface area contributed by atoms with Gasteiger partial charge in [0.2, 0.25) is 0 Å². The van der Waals surface area contributed by atoms with Gasteiger partial charge < -0.3 is 15.4 Å². The molecule has 2 N–H and O–H groups in total. The van der Waals surface area contributed by atoms with Crippen LogP contribution in [0.3, 0.4) is 0 Å². The number of carbonyl (C=O) groups excluding carboxylic acids is 1. The number of ether oxygens (including phenoxy) is 1. The number of aromatic nitrogens is 1. The summed E-state index contributed by atoms with van der Waals surface area (Å²) < 4.78 is 5.42. The van der Waals surface area contributed by atoms with E-state index in [-0.39, 0.29) is 23.5 Å². The first kappa shape index (κ1) is 15.8. The Hall–Kier alpha value is -1.62. The Morgan fingerprint density at radius 1 is 1.52 bits per heavy atom.